The molecular weight excluding hydrogens is 230 g/mol. The molecule has 18 heavy (non-hydrogen) atoms. The van der Waals surface area contributed by atoms with E-state index in [1.54, 1.807) is 13.8 Å². The summed E-state index contributed by atoms with van der Waals surface area (Å²) in [5.41, 5.74) is 1.02. The van der Waals surface area contributed by atoms with E-state index in [-0.39, 0.29) is 12.0 Å². The lowest BCUT2D eigenvalue weighted by Gasteiger charge is -2.19. The number of para-hydroxylation sites is 1. The van der Waals surface area contributed by atoms with E-state index in [9.17, 15) is 4.79 Å². The summed E-state index contributed by atoms with van der Waals surface area (Å²) in [6.07, 6.45) is -0.602. The first-order chi connectivity index (χ1) is 8.60. The van der Waals surface area contributed by atoms with Gasteiger partial charge in [-0.25, -0.2) is 4.79 Å². The number of rotatable bonds is 6. The van der Waals surface area contributed by atoms with Crippen LogP contribution in [0.5, 0.6) is 5.75 Å². The lowest BCUT2D eigenvalue weighted by molar-refractivity contribution is -0.150. The van der Waals surface area contributed by atoms with E-state index in [0.29, 0.717) is 12.4 Å². The largest absolute Gasteiger partial charge is 0.479 e. The third kappa shape index (κ3) is 3.74. The molecule has 0 aliphatic rings. The maximum atomic E-state index is 11.5. The van der Waals surface area contributed by atoms with Crippen LogP contribution in [0.3, 0.4) is 0 Å². The van der Waals surface area contributed by atoms with Crippen LogP contribution in [0.2, 0.25) is 0 Å². The summed E-state index contributed by atoms with van der Waals surface area (Å²) in [5, 5.41) is 3.15. The maximum Gasteiger partial charge on any atom is 0.347 e. The Labute approximate surface area is 108 Å². The summed E-state index contributed by atoms with van der Waals surface area (Å²) in [4.78, 5) is 11.5. The van der Waals surface area contributed by atoms with Crippen LogP contribution < -0.4 is 10.1 Å². The summed E-state index contributed by atoms with van der Waals surface area (Å²) in [6.45, 7) is 5.87. The molecule has 0 aromatic heterocycles. The molecule has 0 aliphatic carbocycles. The van der Waals surface area contributed by atoms with Crippen molar-refractivity contribution in [2.75, 3.05) is 13.7 Å². The fraction of sp³-hybridized carbons (Fsp3) is 0.500. The Morgan fingerprint density at radius 3 is 2.61 bits per heavy atom. The van der Waals surface area contributed by atoms with Crippen LogP contribution >= 0.6 is 0 Å². The molecule has 0 spiro atoms. The van der Waals surface area contributed by atoms with Crippen molar-refractivity contribution in [3.8, 4) is 5.75 Å². The van der Waals surface area contributed by atoms with Crippen molar-refractivity contribution in [3.05, 3.63) is 29.8 Å². The maximum absolute atomic E-state index is 11.5. The quantitative estimate of drug-likeness (QED) is 0.788. The van der Waals surface area contributed by atoms with Gasteiger partial charge in [0, 0.05) is 11.6 Å². The number of carbonyl (C=O) groups excluding carboxylic acids is 1. The SMILES string of the molecule is CCOC(=O)C(C)Oc1ccccc1C(C)NC. The van der Waals surface area contributed by atoms with Crippen LogP contribution in [0.1, 0.15) is 32.4 Å². The smallest absolute Gasteiger partial charge is 0.347 e. The molecule has 100 valence electrons. The fourth-order valence-corrected chi connectivity index (χ4v) is 1.60. The van der Waals surface area contributed by atoms with E-state index in [1.807, 2.05) is 38.2 Å². The van der Waals surface area contributed by atoms with Crippen molar-refractivity contribution in [2.45, 2.75) is 32.9 Å². The van der Waals surface area contributed by atoms with Crippen LogP contribution in [0.25, 0.3) is 0 Å². The highest BCUT2D eigenvalue weighted by Gasteiger charge is 2.18. The molecule has 1 aromatic carbocycles. The van der Waals surface area contributed by atoms with Crippen molar-refractivity contribution in [3.63, 3.8) is 0 Å². The van der Waals surface area contributed by atoms with Crippen LogP contribution in [-0.4, -0.2) is 25.7 Å². The molecule has 0 bridgehead atoms. The Kier molecular flexibility index (Phi) is 5.65. The van der Waals surface area contributed by atoms with Crippen LogP contribution in [0, 0.1) is 0 Å². The zero-order chi connectivity index (χ0) is 13.5. The highest BCUT2D eigenvalue weighted by molar-refractivity contribution is 5.74. The summed E-state index contributed by atoms with van der Waals surface area (Å²) < 4.78 is 10.6. The number of hydrogen-bond acceptors (Lipinski definition) is 4. The Morgan fingerprint density at radius 1 is 1.33 bits per heavy atom. The van der Waals surface area contributed by atoms with Crippen molar-refractivity contribution >= 4 is 5.97 Å². The third-order valence-corrected chi connectivity index (χ3v) is 2.74. The molecule has 4 heteroatoms. The normalized spacial score (nSPS) is 13.8. The van der Waals surface area contributed by atoms with Crippen molar-refractivity contribution < 1.29 is 14.3 Å². The molecule has 0 heterocycles. The van der Waals surface area contributed by atoms with E-state index in [0.717, 1.165) is 5.56 Å². The molecule has 0 saturated heterocycles. The van der Waals surface area contributed by atoms with Gasteiger partial charge in [-0.2, -0.15) is 0 Å². The molecule has 1 aromatic rings. The molecule has 0 fully saturated rings. The fourth-order valence-electron chi connectivity index (χ4n) is 1.60. The number of benzene rings is 1. The Hall–Kier alpha value is -1.55. The van der Waals surface area contributed by atoms with Crippen LogP contribution in [0.15, 0.2) is 24.3 Å². The highest BCUT2D eigenvalue weighted by Crippen LogP contribution is 2.25. The van der Waals surface area contributed by atoms with Gasteiger partial charge in [-0.15, -0.1) is 0 Å². The number of esters is 1. The predicted octanol–water partition coefficient (Wildman–Crippen LogP) is 2.30. The zero-order valence-electron chi connectivity index (χ0n) is 11.4. The first-order valence-electron chi connectivity index (χ1n) is 6.19. The standard InChI is InChI=1S/C14H21NO3/c1-5-17-14(16)11(3)18-13-9-7-6-8-12(13)10(2)15-4/h6-11,15H,5H2,1-4H3. The van der Waals surface area contributed by atoms with E-state index < -0.39 is 6.10 Å². The van der Waals surface area contributed by atoms with Crippen LogP contribution in [0.4, 0.5) is 0 Å². The molecule has 0 aliphatic heterocycles. The van der Waals surface area contributed by atoms with Crippen molar-refractivity contribution in [1.29, 1.82) is 0 Å². The predicted molar refractivity (Wildman–Crippen MR) is 70.6 cm³/mol. The van der Waals surface area contributed by atoms with Gasteiger partial charge in [0.15, 0.2) is 6.10 Å². The topological polar surface area (TPSA) is 47.6 Å². The summed E-state index contributed by atoms with van der Waals surface area (Å²) in [5.74, 6) is 0.365. The van der Waals surface area contributed by atoms with Gasteiger partial charge < -0.3 is 14.8 Å². The average Bonchev–Trinajstić information content (AvgIpc) is 2.38. The van der Waals surface area contributed by atoms with E-state index in [1.165, 1.54) is 0 Å². The minimum absolute atomic E-state index is 0.163. The lowest BCUT2D eigenvalue weighted by atomic mass is 10.1. The number of ether oxygens (including phenoxy) is 2. The van der Waals surface area contributed by atoms with Gasteiger partial charge in [0.05, 0.1) is 6.61 Å². The molecule has 1 rings (SSSR count). The molecule has 0 radical (unpaired) electrons. The van der Waals surface area contributed by atoms with E-state index in [4.69, 9.17) is 9.47 Å². The van der Waals surface area contributed by atoms with Crippen LogP contribution in [-0.2, 0) is 9.53 Å². The minimum Gasteiger partial charge on any atom is -0.479 e. The first-order valence-corrected chi connectivity index (χ1v) is 6.19. The number of hydrogen-bond donors (Lipinski definition) is 1. The Morgan fingerprint density at radius 2 is 2.00 bits per heavy atom. The average molecular weight is 251 g/mol. The Bertz CT molecular complexity index is 392. The number of carbonyl (C=O) groups is 1. The van der Waals surface area contributed by atoms with E-state index in [2.05, 4.69) is 5.32 Å². The summed E-state index contributed by atoms with van der Waals surface area (Å²) >= 11 is 0. The molecule has 4 nitrogen and oxygen atoms in total. The monoisotopic (exact) mass is 251 g/mol. The Balaban J connectivity index is 2.80. The van der Waals surface area contributed by atoms with Gasteiger partial charge in [0.1, 0.15) is 5.75 Å². The summed E-state index contributed by atoms with van der Waals surface area (Å²) in [7, 11) is 1.89. The van der Waals surface area contributed by atoms with E-state index >= 15 is 0 Å². The second-order valence-electron chi connectivity index (χ2n) is 4.06. The number of nitrogens with one attached hydrogen (secondary N) is 1. The highest BCUT2D eigenvalue weighted by atomic mass is 16.6. The third-order valence-electron chi connectivity index (χ3n) is 2.74. The summed E-state index contributed by atoms with van der Waals surface area (Å²) in [6, 6.07) is 7.84. The molecule has 2 unspecified atom stereocenters. The van der Waals surface area contributed by atoms with Gasteiger partial charge in [0.25, 0.3) is 0 Å². The van der Waals surface area contributed by atoms with Gasteiger partial charge in [-0.1, -0.05) is 18.2 Å². The van der Waals surface area contributed by atoms with Gasteiger partial charge in [-0.3, -0.25) is 0 Å². The molecule has 2 atom stereocenters. The molecular formula is C14H21NO3. The molecule has 0 saturated carbocycles. The van der Waals surface area contributed by atoms with Gasteiger partial charge in [-0.05, 0) is 33.9 Å². The second-order valence-corrected chi connectivity index (χ2v) is 4.06. The van der Waals surface area contributed by atoms with Crippen molar-refractivity contribution in [1.82, 2.24) is 5.32 Å². The lowest BCUT2D eigenvalue weighted by Crippen LogP contribution is -2.27. The van der Waals surface area contributed by atoms with Crippen molar-refractivity contribution in [2.24, 2.45) is 0 Å². The van der Waals surface area contributed by atoms with Gasteiger partial charge in [0.2, 0.25) is 0 Å². The molecule has 1 N–H and O–H groups in total. The first kappa shape index (κ1) is 14.5. The second kappa shape index (κ2) is 7.01. The zero-order valence-corrected chi connectivity index (χ0v) is 11.4. The van der Waals surface area contributed by atoms with Gasteiger partial charge >= 0.3 is 5.97 Å². The minimum atomic E-state index is -0.602. The molecule has 0 amide bonds.